The topological polar surface area (TPSA) is 89.9 Å². The third-order valence-corrected chi connectivity index (χ3v) is 5.18. The molecule has 1 saturated heterocycles. The lowest BCUT2D eigenvalue weighted by Gasteiger charge is -2.25. The molecule has 0 aromatic carbocycles. The molecule has 2 bridgehead atoms. The van der Waals surface area contributed by atoms with Crippen LogP contribution in [0.3, 0.4) is 0 Å². The highest BCUT2D eigenvalue weighted by molar-refractivity contribution is 6.42. The van der Waals surface area contributed by atoms with Gasteiger partial charge in [-0.25, -0.2) is 0 Å². The van der Waals surface area contributed by atoms with E-state index in [2.05, 4.69) is 0 Å². The maximum atomic E-state index is 12.4. The fraction of sp³-hybridized carbons (Fsp3) is 0.706. The van der Waals surface area contributed by atoms with Gasteiger partial charge in [-0.1, -0.05) is 44.4 Å². The summed E-state index contributed by atoms with van der Waals surface area (Å²) in [6.07, 6.45) is 1.49. The number of carbonyl (C=O) groups excluding carboxylic acids is 3. The molecule has 7 heteroatoms. The Morgan fingerprint density at radius 2 is 2.25 bits per heavy atom. The molecular formula is C17H23ClO6. The van der Waals surface area contributed by atoms with Crippen molar-refractivity contribution in [2.75, 3.05) is 0 Å². The number of allylic oxidation sites excluding steroid dienone is 1. The Hall–Kier alpha value is -1.40. The number of rotatable bonds is 8. The van der Waals surface area contributed by atoms with E-state index in [4.69, 9.17) is 21.1 Å². The van der Waals surface area contributed by atoms with Gasteiger partial charge in [-0.15, -0.1) is 0 Å². The Kier molecular flexibility index (Phi) is 6.40. The molecule has 1 aliphatic heterocycles. The van der Waals surface area contributed by atoms with Gasteiger partial charge in [-0.3, -0.25) is 14.4 Å². The Bertz CT molecular complexity index is 531. The molecular weight excluding hydrogens is 336 g/mol. The molecule has 2 aliphatic rings. The van der Waals surface area contributed by atoms with Gasteiger partial charge in [0, 0.05) is 17.8 Å². The van der Waals surface area contributed by atoms with Crippen LogP contribution in [0.4, 0.5) is 0 Å². The molecule has 0 aromatic heterocycles. The van der Waals surface area contributed by atoms with Gasteiger partial charge in [0.15, 0.2) is 11.9 Å². The summed E-state index contributed by atoms with van der Waals surface area (Å²) in [5.74, 6) is -1.85. The molecule has 2 unspecified atom stereocenters. The summed E-state index contributed by atoms with van der Waals surface area (Å²) in [6.45, 7) is 4.13. The first-order valence-electron chi connectivity index (χ1n) is 8.28. The number of halogens is 1. The van der Waals surface area contributed by atoms with Gasteiger partial charge in [0.25, 0.3) is 6.47 Å². The van der Waals surface area contributed by atoms with Crippen LogP contribution < -0.4 is 0 Å². The van der Waals surface area contributed by atoms with E-state index in [0.717, 1.165) is 19.3 Å². The van der Waals surface area contributed by atoms with E-state index in [1.54, 1.807) is 0 Å². The van der Waals surface area contributed by atoms with Gasteiger partial charge in [0.1, 0.15) is 6.10 Å². The molecule has 134 valence electrons. The van der Waals surface area contributed by atoms with Gasteiger partial charge in [-0.2, -0.15) is 0 Å². The zero-order chi connectivity index (χ0) is 17.9. The van der Waals surface area contributed by atoms with Crippen molar-refractivity contribution >= 4 is 29.8 Å². The van der Waals surface area contributed by atoms with Gasteiger partial charge in [0.05, 0.1) is 17.6 Å². The first-order valence-corrected chi connectivity index (χ1v) is 8.66. The third-order valence-electron chi connectivity index (χ3n) is 4.87. The minimum Gasteiger partial charge on any atom is -0.460 e. The van der Waals surface area contributed by atoms with Crippen LogP contribution in [0, 0.1) is 17.8 Å². The standard InChI is InChI=1S/C17H23ClO6/c1-3-4-5-9(2)14(21)12(18)6-11-10-7-13(20)24-17(15(10)22)16(11)23-8-19/h6,8-11,15-17,22H,3-5,7H2,1-2H3/t9?,10-,11+,15+,16-,17?/m0/s1. The molecule has 24 heavy (non-hydrogen) atoms. The molecule has 0 radical (unpaired) electrons. The number of hydrogen-bond donors (Lipinski definition) is 1. The van der Waals surface area contributed by atoms with Gasteiger partial charge in [-0.05, 0) is 6.42 Å². The summed E-state index contributed by atoms with van der Waals surface area (Å²) < 4.78 is 10.1. The minimum atomic E-state index is -0.939. The monoisotopic (exact) mass is 358 g/mol. The summed E-state index contributed by atoms with van der Waals surface area (Å²) in [5, 5.41) is 10.3. The lowest BCUT2D eigenvalue weighted by Crippen LogP contribution is -2.40. The molecule has 1 aliphatic carbocycles. The maximum Gasteiger partial charge on any atom is 0.306 e. The van der Waals surface area contributed by atoms with Crippen LogP contribution in [0.15, 0.2) is 11.1 Å². The second-order valence-corrected chi connectivity index (χ2v) is 6.92. The first-order chi connectivity index (χ1) is 11.4. The molecule has 1 saturated carbocycles. The van der Waals surface area contributed by atoms with Crippen molar-refractivity contribution in [3.63, 3.8) is 0 Å². The second kappa shape index (κ2) is 8.12. The van der Waals surface area contributed by atoms with E-state index >= 15 is 0 Å². The molecule has 0 spiro atoms. The van der Waals surface area contributed by atoms with E-state index in [0.29, 0.717) is 0 Å². The van der Waals surface area contributed by atoms with Gasteiger partial charge >= 0.3 is 5.97 Å². The SMILES string of the molecule is CCCCC(C)C(=O)C(Cl)=C[C@@H]1[C@@H]2CC(=O)OC([C@H]1OC=O)[C@@H]2O. The smallest absolute Gasteiger partial charge is 0.306 e. The number of fused-ring (bicyclic) bond motifs is 2. The highest BCUT2D eigenvalue weighted by atomic mass is 35.5. The molecule has 6 nitrogen and oxygen atoms in total. The summed E-state index contributed by atoms with van der Waals surface area (Å²) >= 11 is 6.19. The van der Waals surface area contributed by atoms with Crippen LogP contribution >= 0.6 is 11.6 Å². The number of esters is 1. The molecule has 6 atom stereocenters. The highest BCUT2D eigenvalue weighted by Crippen LogP contribution is 2.43. The molecule has 0 aromatic rings. The Balaban J connectivity index is 2.19. The third kappa shape index (κ3) is 3.81. The van der Waals surface area contributed by atoms with Gasteiger partial charge in [0.2, 0.25) is 0 Å². The highest BCUT2D eigenvalue weighted by Gasteiger charge is 2.56. The molecule has 2 rings (SSSR count). The van der Waals surface area contributed by atoms with Crippen LogP contribution in [0.1, 0.15) is 39.5 Å². The predicted molar refractivity (Wildman–Crippen MR) is 86.1 cm³/mol. The molecule has 0 amide bonds. The van der Waals surface area contributed by atoms with E-state index in [1.807, 2.05) is 13.8 Å². The van der Waals surface area contributed by atoms with Crippen LogP contribution in [0.25, 0.3) is 0 Å². The fourth-order valence-electron chi connectivity index (χ4n) is 3.49. The van der Waals surface area contributed by atoms with E-state index in [9.17, 15) is 19.5 Å². The van der Waals surface area contributed by atoms with Crippen LogP contribution in [-0.4, -0.2) is 41.6 Å². The van der Waals surface area contributed by atoms with E-state index in [-0.39, 0.29) is 29.6 Å². The van der Waals surface area contributed by atoms with Crippen LogP contribution in [0.2, 0.25) is 0 Å². The lowest BCUT2D eigenvalue weighted by atomic mass is 9.89. The largest absolute Gasteiger partial charge is 0.460 e. The minimum absolute atomic E-state index is 0.00129. The second-order valence-electron chi connectivity index (χ2n) is 6.51. The summed E-state index contributed by atoms with van der Waals surface area (Å²) in [4.78, 5) is 34.7. The molecule has 2 fully saturated rings. The van der Waals surface area contributed by atoms with E-state index < -0.39 is 36.1 Å². The molecule has 1 heterocycles. The number of aliphatic hydroxyl groups is 1. The predicted octanol–water partition coefficient (Wildman–Crippen LogP) is 1.97. The van der Waals surface area contributed by atoms with Crippen molar-refractivity contribution in [1.82, 2.24) is 0 Å². The number of ketones is 1. The average molecular weight is 359 g/mol. The zero-order valence-corrected chi connectivity index (χ0v) is 14.6. The number of Topliss-reactive ketones (excluding diaryl/α,β-unsaturated/α-hetero) is 1. The Morgan fingerprint density at radius 1 is 1.54 bits per heavy atom. The number of carbonyl (C=O) groups is 3. The van der Waals surface area contributed by atoms with Crippen molar-refractivity contribution in [3.8, 4) is 0 Å². The van der Waals surface area contributed by atoms with E-state index in [1.165, 1.54) is 6.08 Å². The van der Waals surface area contributed by atoms with Crippen molar-refractivity contribution in [1.29, 1.82) is 0 Å². The number of unbranched alkanes of at least 4 members (excludes halogenated alkanes) is 1. The molecule has 1 N–H and O–H groups in total. The number of aliphatic hydroxyl groups excluding tert-OH is 1. The van der Waals surface area contributed by atoms with Crippen molar-refractivity contribution in [3.05, 3.63) is 11.1 Å². The van der Waals surface area contributed by atoms with Crippen molar-refractivity contribution in [2.24, 2.45) is 17.8 Å². The normalized spacial score (nSPS) is 33.8. The summed E-state index contributed by atoms with van der Waals surface area (Å²) in [5.41, 5.74) is 0. The summed E-state index contributed by atoms with van der Waals surface area (Å²) in [7, 11) is 0. The zero-order valence-electron chi connectivity index (χ0n) is 13.8. The summed E-state index contributed by atoms with van der Waals surface area (Å²) in [6, 6.07) is 0. The fourth-order valence-corrected chi connectivity index (χ4v) is 3.82. The average Bonchev–Trinajstić information content (AvgIpc) is 2.70. The quantitative estimate of drug-likeness (QED) is 0.405. The van der Waals surface area contributed by atoms with Gasteiger partial charge < -0.3 is 14.6 Å². The van der Waals surface area contributed by atoms with Crippen LogP contribution in [0.5, 0.6) is 0 Å². The number of hydrogen-bond acceptors (Lipinski definition) is 6. The van der Waals surface area contributed by atoms with Crippen molar-refractivity contribution < 1.29 is 29.0 Å². The Labute approximate surface area is 146 Å². The first kappa shape index (κ1) is 18.9. The van der Waals surface area contributed by atoms with Crippen molar-refractivity contribution in [2.45, 2.75) is 57.8 Å². The van der Waals surface area contributed by atoms with Crippen LogP contribution in [-0.2, 0) is 23.9 Å². The maximum absolute atomic E-state index is 12.4. The number of ether oxygens (including phenoxy) is 2. The Morgan fingerprint density at radius 3 is 2.88 bits per heavy atom. The lowest BCUT2D eigenvalue weighted by molar-refractivity contribution is -0.172.